The molecule has 0 heterocycles. The van der Waals surface area contributed by atoms with E-state index in [1.807, 2.05) is 42.5 Å². The van der Waals surface area contributed by atoms with Crippen LogP contribution in [0.5, 0.6) is 11.5 Å². The van der Waals surface area contributed by atoms with E-state index in [1.54, 1.807) is 0 Å². The molecule has 126 valence electrons. The summed E-state index contributed by atoms with van der Waals surface area (Å²) in [5.41, 5.74) is 6.74. The molecule has 1 amide bonds. The number of amides is 1. The predicted octanol–water partition coefficient (Wildman–Crippen LogP) is 3.09. The number of rotatable bonds is 5. The first-order valence-corrected chi connectivity index (χ1v) is 7.77. The Bertz CT molecular complexity index is 945. The summed E-state index contributed by atoms with van der Waals surface area (Å²) < 4.78 is 0. The van der Waals surface area contributed by atoms with Crippen molar-refractivity contribution < 1.29 is 15.0 Å². The fourth-order valence-electron chi connectivity index (χ4n) is 2.64. The zero-order valence-electron chi connectivity index (χ0n) is 13.5. The molecule has 0 aliphatic heterocycles. The molecule has 0 aliphatic carbocycles. The SMILES string of the molecule is C=C(NNC(=O)Cc1cccc2ccccc12)c1cc(O)ccc1O. The van der Waals surface area contributed by atoms with Gasteiger partial charge in [-0.15, -0.1) is 0 Å². The van der Waals surface area contributed by atoms with Gasteiger partial charge in [0.05, 0.1) is 12.1 Å². The van der Waals surface area contributed by atoms with Crippen molar-refractivity contribution in [1.82, 2.24) is 10.9 Å². The van der Waals surface area contributed by atoms with Gasteiger partial charge in [0, 0.05) is 5.56 Å². The molecule has 0 aliphatic rings. The maximum Gasteiger partial charge on any atom is 0.242 e. The molecule has 0 unspecified atom stereocenters. The second-order valence-corrected chi connectivity index (χ2v) is 5.67. The summed E-state index contributed by atoms with van der Waals surface area (Å²) in [6.45, 7) is 3.76. The number of benzene rings is 3. The summed E-state index contributed by atoms with van der Waals surface area (Å²) in [6, 6.07) is 17.8. The lowest BCUT2D eigenvalue weighted by molar-refractivity contribution is -0.121. The van der Waals surface area contributed by atoms with E-state index < -0.39 is 0 Å². The number of fused-ring (bicyclic) bond motifs is 1. The van der Waals surface area contributed by atoms with Crippen LogP contribution < -0.4 is 10.9 Å². The van der Waals surface area contributed by atoms with Crippen molar-refractivity contribution in [3.05, 3.63) is 78.4 Å². The molecular weight excluding hydrogens is 316 g/mol. The third-order valence-corrected chi connectivity index (χ3v) is 3.89. The van der Waals surface area contributed by atoms with Crippen LogP contribution >= 0.6 is 0 Å². The minimum atomic E-state index is -0.239. The molecule has 5 heteroatoms. The van der Waals surface area contributed by atoms with E-state index in [2.05, 4.69) is 17.4 Å². The maximum atomic E-state index is 12.2. The molecule has 3 aromatic carbocycles. The van der Waals surface area contributed by atoms with Crippen molar-refractivity contribution in [3.8, 4) is 11.5 Å². The molecule has 4 N–H and O–H groups in total. The fraction of sp³-hybridized carbons (Fsp3) is 0.0500. The number of hydrazine groups is 1. The lowest BCUT2D eigenvalue weighted by Crippen LogP contribution is -2.36. The fourth-order valence-corrected chi connectivity index (χ4v) is 2.64. The Hall–Kier alpha value is -3.47. The first-order chi connectivity index (χ1) is 12.0. The molecule has 0 saturated carbocycles. The van der Waals surface area contributed by atoms with Crippen LogP contribution in [0.1, 0.15) is 11.1 Å². The summed E-state index contributed by atoms with van der Waals surface area (Å²) in [6.07, 6.45) is 0.202. The van der Waals surface area contributed by atoms with Gasteiger partial charge >= 0.3 is 0 Å². The molecule has 25 heavy (non-hydrogen) atoms. The Morgan fingerprint density at radius 3 is 2.56 bits per heavy atom. The number of hydrogen-bond donors (Lipinski definition) is 4. The Morgan fingerprint density at radius 2 is 1.72 bits per heavy atom. The highest BCUT2D eigenvalue weighted by Gasteiger charge is 2.09. The summed E-state index contributed by atoms with van der Waals surface area (Å²) in [7, 11) is 0. The van der Waals surface area contributed by atoms with Gasteiger partial charge in [-0.25, -0.2) is 0 Å². The predicted molar refractivity (Wildman–Crippen MR) is 97.7 cm³/mol. The molecule has 0 saturated heterocycles. The Balaban J connectivity index is 1.66. The van der Waals surface area contributed by atoms with Crippen LogP contribution in [0.25, 0.3) is 16.5 Å². The third kappa shape index (κ3) is 3.72. The van der Waals surface area contributed by atoms with E-state index in [0.29, 0.717) is 5.56 Å². The van der Waals surface area contributed by atoms with E-state index in [-0.39, 0.29) is 29.5 Å². The monoisotopic (exact) mass is 334 g/mol. The lowest BCUT2D eigenvalue weighted by Gasteiger charge is -2.13. The van der Waals surface area contributed by atoms with E-state index in [9.17, 15) is 15.0 Å². The van der Waals surface area contributed by atoms with Gasteiger partial charge in [-0.2, -0.15) is 0 Å². The van der Waals surface area contributed by atoms with E-state index in [1.165, 1.54) is 18.2 Å². The van der Waals surface area contributed by atoms with Crippen molar-refractivity contribution in [1.29, 1.82) is 0 Å². The summed E-state index contributed by atoms with van der Waals surface area (Å²) >= 11 is 0. The highest BCUT2D eigenvalue weighted by atomic mass is 16.3. The highest BCUT2D eigenvalue weighted by molar-refractivity contribution is 5.90. The molecule has 5 nitrogen and oxygen atoms in total. The van der Waals surface area contributed by atoms with Gasteiger partial charge in [0.15, 0.2) is 0 Å². The van der Waals surface area contributed by atoms with Crippen molar-refractivity contribution in [2.24, 2.45) is 0 Å². The van der Waals surface area contributed by atoms with Gasteiger partial charge in [-0.1, -0.05) is 49.0 Å². The van der Waals surface area contributed by atoms with Gasteiger partial charge in [0.2, 0.25) is 5.91 Å². The number of aromatic hydroxyl groups is 2. The van der Waals surface area contributed by atoms with Crippen LogP contribution in [0, 0.1) is 0 Å². The van der Waals surface area contributed by atoms with E-state index >= 15 is 0 Å². The molecule has 0 aromatic heterocycles. The van der Waals surface area contributed by atoms with Gasteiger partial charge < -0.3 is 10.2 Å². The number of phenolic OH excluding ortho intramolecular Hbond substituents is 2. The van der Waals surface area contributed by atoms with Crippen molar-refractivity contribution in [2.75, 3.05) is 0 Å². The molecular formula is C20H18N2O3. The van der Waals surface area contributed by atoms with Crippen LogP contribution in [0.15, 0.2) is 67.2 Å². The largest absolute Gasteiger partial charge is 0.508 e. The molecule has 0 spiro atoms. The second-order valence-electron chi connectivity index (χ2n) is 5.67. The Kier molecular flexibility index (Phi) is 4.57. The quantitative estimate of drug-likeness (QED) is 0.427. The van der Waals surface area contributed by atoms with Crippen LogP contribution in [0.3, 0.4) is 0 Å². The minimum absolute atomic E-state index is 0.00201. The van der Waals surface area contributed by atoms with Crippen LogP contribution in [-0.2, 0) is 11.2 Å². The van der Waals surface area contributed by atoms with Gasteiger partial charge in [-0.3, -0.25) is 15.6 Å². The molecule has 3 aromatic rings. The average molecular weight is 334 g/mol. The number of carbonyl (C=O) groups excluding carboxylic acids is 1. The van der Waals surface area contributed by atoms with Crippen LogP contribution in [0.4, 0.5) is 0 Å². The number of nitrogens with one attached hydrogen (secondary N) is 2. The minimum Gasteiger partial charge on any atom is -0.508 e. The Morgan fingerprint density at radius 1 is 0.960 bits per heavy atom. The van der Waals surface area contributed by atoms with Gasteiger partial charge in [0.25, 0.3) is 0 Å². The number of hydrogen-bond acceptors (Lipinski definition) is 4. The topological polar surface area (TPSA) is 81.6 Å². The van der Waals surface area contributed by atoms with Crippen molar-refractivity contribution >= 4 is 22.4 Å². The van der Waals surface area contributed by atoms with E-state index in [0.717, 1.165) is 16.3 Å². The summed E-state index contributed by atoms with van der Waals surface area (Å²) in [4.78, 5) is 12.2. The van der Waals surface area contributed by atoms with Gasteiger partial charge in [0.1, 0.15) is 11.5 Å². The molecule has 0 atom stereocenters. The zero-order chi connectivity index (χ0) is 17.8. The smallest absolute Gasteiger partial charge is 0.242 e. The molecule has 0 bridgehead atoms. The Labute approximate surface area is 145 Å². The maximum absolute atomic E-state index is 12.2. The average Bonchev–Trinajstić information content (AvgIpc) is 2.62. The summed E-state index contributed by atoms with van der Waals surface area (Å²) in [5.74, 6) is -0.284. The number of phenols is 2. The standard InChI is InChI=1S/C20H18N2O3/c1-13(18-12-16(23)9-10-19(18)24)21-22-20(25)11-15-7-4-6-14-5-2-3-8-17(14)15/h2-10,12,21,23-24H,1,11H2,(H,22,25). The highest BCUT2D eigenvalue weighted by Crippen LogP contribution is 2.26. The van der Waals surface area contributed by atoms with Crippen molar-refractivity contribution in [2.45, 2.75) is 6.42 Å². The number of carbonyl (C=O) groups is 1. The second kappa shape index (κ2) is 6.97. The van der Waals surface area contributed by atoms with E-state index in [4.69, 9.17) is 0 Å². The van der Waals surface area contributed by atoms with Crippen LogP contribution in [0.2, 0.25) is 0 Å². The first kappa shape index (κ1) is 16.4. The van der Waals surface area contributed by atoms with Crippen LogP contribution in [-0.4, -0.2) is 16.1 Å². The molecule has 0 radical (unpaired) electrons. The third-order valence-electron chi connectivity index (χ3n) is 3.89. The summed E-state index contributed by atoms with van der Waals surface area (Å²) in [5, 5.41) is 21.4. The molecule has 0 fully saturated rings. The first-order valence-electron chi connectivity index (χ1n) is 7.77. The normalized spacial score (nSPS) is 10.4. The van der Waals surface area contributed by atoms with Crippen molar-refractivity contribution in [3.63, 3.8) is 0 Å². The molecule has 3 rings (SSSR count). The zero-order valence-corrected chi connectivity index (χ0v) is 13.5. The lowest BCUT2D eigenvalue weighted by atomic mass is 10.0. The van der Waals surface area contributed by atoms with Gasteiger partial charge in [-0.05, 0) is 34.5 Å².